The number of ether oxygens (including phenoxy) is 1. The van der Waals surface area contributed by atoms with Crippen LogP contribution in [0.4, 0.5) is 22.0 Å². The number of tetrazole rings is 1. The molecule has 0 aliphatic heterocycles. The van der Waals surface area contributed by atoms with Crippen LogP contribution in [0.5, 0.6) is 5.88 Å². The fourth-order valence-corrected chi connectivity index (χ4v) is 3.43. The number of benzene rings is 2. The number of rotatable bonds is 8. The molecule has 4 rings (SSSR count). The Bertz CT molecular complexity index is 1430. The Hall–Kier alpha value is -4.44. The molecule has 2 aromatic carbocycles. The van der Waals surface area contributed by atoms with Gasteiger partial charge >= 0.3 is 5.92 Å². The lowest BCUT2D eigenvalue weighted by Crippen LogP contribution is -2.48. The first kappa shape index (κ1) is 24.7. The van der Waals surface area contributed by atoms with Crippen molar-refractivity contribution < 1.29 is 31.8 Å². The first-order valence-electron chi connectivity index (χ1n) is 10.2. The molecular formula is C23H15F5N6O2. The first-order chi connectivity index (χ1) is 17.1. The van der Waals surface area contributed by atoms with Gasteiger partial charge in [0.25, 0.3) is 0 Å². The molecule has 13 heteroatoms. The molecule has 1 N–H and O–H groups in total. The van der Waals surface area contributed by atoms with E-state index in [-0.39, 0.29) is 17.0 Å². The van der Waals surface area contributed by atoms with Gasteiger partial charge in [-0.2, -0.15) is 14.0 Å². The van der Waals surface area contributed by atoms with Crippen LogP contribution in [-0.4, -0.2) is 30.3 Å². The van der Waals surface area contributed by atoms with Crippen molar-refractivity contribution in [3.05, 3.63) is 101 Å². The number of hydrogen-bond acceptors (Lipinski definition) is 7. The van der Waals surface area contributed by atoms with Gasteiger partial charge in [0.2, 0.25) is 5.88 Å². The minimum atomic E-state index is -4.28. The fraction of sp³-hybridized carbons (Fsp3) is 0.174. The smallest absolute Gasteiger partial charge is 0.323 e. The molecule has 2 aromatic heterocycles. The lowest BCUT2D eigenvalue weighted by atomic mass is 9.84. The molecule has 1 atom stereocenters. The first-order valence-corrected chi connectivity index (χ1v) is 10.2. The van der Waals surface area contributed by atoms with E-state index in [0.29, 0.717) is 12.1 Å². The maximum atomic E-state index is 15.9. The molecule has 0 aliphatic rings. The molecule has 0 saturated carbocycles. The van der Waals surface area contributed by atoms with Crippen molar-refractivity contribution in [2.45, 2.75) is 24.7 Å². The molecule has 2 heterocycles. The molecule has 0 radical (unpaired) electrons. The summed E-state index contributed by atoms with van der Waals surface area (Å²) in [6.07, 6.45) is 0.932. The van der Waals surface area contributed by atoms with Crippen molar-refractivity contribution in [2.24, 2.45) is 0 Å². The van der Waals surface area contributed by atoms with Crippen molar-refractivity contribution in [3.63, 3.8) is 0 Å². The van der Waals surface area contributed by atoms with Gasteiger partial charge in [-0.15, -0.1) is 5.10 Å². The van der Waals surface area contributed by atoms with Crippen molar-refractivity contribution >= 4 is 0 Å². The molecule has 0 fully saturated rings. The van der Waals surface area contributed by atoms with Gasteiger partial charge in [-0.3, -0.25) is 0 Å². The molecule has 0 bridgehead atoms. The number of halogens is 5. The standard InChI is InChI=1S/C23H15F5N6O2/c24-16-6-7-17(19(26)9-16)22(35,12-34-13-30-32-33-34)23(27,28)20-2-1-3-21(31-20)36-11-15-5-4-14(10-29)8-18(15)25/h1-9,13,35H,11-12H2. The number of alkyl halides is 2. The van der Waals surface area contributed by atoms with Crippen LogP contribution in [0.25, 0.3) is 0 Å². The van der Waals surface area contributed by atoms with Gasteiger partial charge in [-0.1, -0.05) is 12.1 Å². The Morgan fingerprint density at radius 1 is 1.03 bits per heavy atom. The molecule has 184 valence electrons. The highest BCUT2D eigenvalue weighted by atomic mass is 19.3. The third kappa shape index (κ3) is 4.71. The Kier molecular flexibility index (Phi) is 6.63. The van der Waals surface area contributed by atoms with E-state index in [9.17, 15) is 18.3 Å². The summed E-state index contributed by atoms with van der Waals surface area (Å²) in [5.74, 6) is -7.82. The van der Waals surface area contributed by atoms with E-state index in [1.165, 1.54) is 18.2 Å². The van der Waals surface area contributed by atoms with Crippen LogP contribution in [0.15, 0.2) is 60.9 Å². The van der Waals surface area contributed by atoms with Gasteiger partial charge in [-0.05, 0) is 40.8 Å². The maximum absolute atomic E-state index is 15.9. The molecular weight excluding hydrogens is 487 g/mol. The van der Waals surface area contributed by atoms with Crippen LogP contribution in [0.2, 0.25) is 0 Å². The fourth-order valence-electron chi connectivity index (χ4n) is 3.43. The zero-order valence-corrected chi connectivity index (χ0v) is 18.1. The number of nitriles is 1. The van der Waals surface area contributed by atoms with Crippen LogP contribution < -0.4 is 4.74 Å². The minimum Gasteiger partial charge on any atom is -0.473 e. The zero-order valence-electron chi connectivity index (χ0n) is 18.1. The second-order valence-electron chi connectivity index (χ2n) is 7.63. The summed E-state index contributed by atoms with van der Waals surface area (Å²) in [7, 11) is 0. The second-order valence-corrected chi connectivity index (χ2v) is 7.63. The van der Waals surface area contributed by atoms with Gasteiger partial charge in [0.15, 0.2) is 5.60 Å². The molecule has 0 saturated heterocycles. The third-order valence-electron chi connectivity index (χ3n) is 5.28. The van der Waals surface area contributed by atoms with Crippen LogP contribution in [0.1, 0.15) is 22.4 Å². The Labute approximate surface area is 200 Å². The van der Waals surface area contributed by atoms with Crippen molar-refractivity contribution in [2.75, 3.05) is 0 Å². The summed E-state index contributed by atoms with van der Waals surface area (Å²) in [6.45, 7) is -1.42. The summed E-state index contributed by atoms with van der Waals surface area (Å²) in [4.78, 5) is 3.73. The quantitative estimate of drug-likeness (QED) is 0.367. The van der Waals surface area contributed by atoms with Crippen molar-refractivity contribution in [1.82, 2.24) is 25.2 Å². The summed E-state index contributed by atoms with van der Waals surface area (Å²) in [6, 6.07) is 10.5. The van der Waals surface area contributed by atoms with Crippen LogP contribution >= 0.6 is 0 Å². The maximum Gasteiger partial charge on any atom is 0.323 e. The lowest BCUT2D eigenvalue weighted by Gasteiger charge is -2.35. The van der Waals surface area contributed by atoms with Crippen LogP contribution in [-0.2, 0) is 24.7 Å². The molecule has 0 amide bonds. The number of aromatic nitrogens is 5. The number of nitrogens with zero attached hydrogens (tertiary/aromatic N) is 6. The van der Waals surface area contributed by atoms with Crippen molar-refractivity contribution in [3.8, 4) is 11.9 Å². The number of aliphatic hydroxyl groups is 1. The Morgan fingerprint density at radius 3 is 2.50 bits per heavy atom. The third-order valence-corrected chi connectivity index (χ3v) is 5.28. The highest BCUT2D eigenvalue weighted by Gasteiger charge is 2.58. The normalized spacial score (nSPS) is 13.1. The predicted molar refractivity (Wildman–Crippen MR) is 112 cm³/mol. The molecule has 0 aliphatic carbocycles. The molecule has 8 nitrogen and oxygen atoms in total. The summed E-state index contributed by atoms with van der Waals surface area (Å²) in [5.41, 5.74) is -5.12. The average molecular weight is 502 g/mol. The topological polar surface area (TPSA) is 110 Å². The minimum absolute atomic E-state index is 0.0385. The van der Waals surface area contributed by atoms with E-state index in [2.05, 4.69) is 20.5 Å². The molecule has 4 aromatic rings. The highest BCUT2D eigenvalue weighted by molar-refractivity contribution is 5.34. The number of pyridine rings is 1. The Morgan fingerprint density at radius 2 is 1.83 bits per heavy atom. The summed E-state index contributed by atoms with van der Waals surface area (Å²) in [5, 5.41) is 30.1. The monoisotopic (exact) mass is 502 g/mol. The summed E-state index contributed by atoms with van der Waals surface area (Å²) >= 11 is 0. The van der Waals surface area contributed by atoms with E-state index in [1.54, 1.807) is 6.07 Å². The number of hydrogen-bond donors (Lipinski definition) is 1. The lowest BCUT2D eigenvalue weighted by molar-refractivity contribution is -0.208. The van der Waals surface area contributed by atoms with E-state index < -0.39 is 53.4 Å². The van der Waals surface area contributed by atoms with Gasteiger partial charge < -0.3 is 9.84 Å². The van der Waals surface area contributed by atoms with Crippen LogP contribution in [0, 0.1) is 28.8 Å². The SMILES string of the molecule is N#Cc1ccc(COc2cccc(C(F)(F)C(O)(Cn3cnnn3)c3ccc(F)cc3F)n2)c(F)c1. The van der Waals surface area contributed by atoms with Crippen molar-refractivity contribution in [1.29, 1.82) is 5.26 Å². The second kappa shape index (κ2) is 9.67. The highest BCUT2D eigenvalue weighted by Crippen LogP contribution is 2.47. The molecule has 0 spiro atoms. The molecule has 1 unspecified atom stereocenters. The van der Waals surface area contributed by atoms with E-state index in [0.717, 1.165) is 35.3 Å². The van der Waals surface area contributed by atoms with Gasteiger partial charge in [0, 0.05) is 23.3 Å². The zero-order chi connectivity index (χ0) is 25.9. The van der Waals surface area contributed by atoms with Crippen LogP contribution in [0.3, 0.4) is 0 Å². The van der Waals surface area contributed by atoms with Gasteiger partial charge in [0.05, 0.1) is 18.2 Å². The van der Waals surface area contributed by atoms with E-state index in [4.69, 9.17) is 10.00 Å². The predicted octanol–water partition coefficient (Wildman–Crippen LogP) is 3.62. The van der Waals surface area contributed by atoms with E-state index in [1.807, 2.05) is 0 Å². The largest absolute Gasteiger partial charge is 0.473 e. The van der Waals surface area contributed by atoms with Gasteiger partial charge in [-0.25, -0.2) is 22.8 Å². The van der Waals surface area contributed by atoms with E-state index >= 15 is 8.78 Å². The van der Waals surface area contributed by atoms with Gasteiger partial charge in [0.1, 0.15) is 36.1 Å². The average Bonchev–Trinajstić information content (AvgIpc) is 3.36. The Balaban J connectivity index is 1.68. The summed E-state index contributed by atoms with van der Waals surface area (Å²) < 4.78 is 80.0. The molecule has 36 heavy (non-hydrogen) atoms.